The van der Waals surface area contributed by atoms with Gasteiger partial charge in [0.2, 0.25) is 0 Å². The molecule has 1 aromatic heterocycles. The highest BCUT2D eigenvalue weighted by Gasteiger charge is 2.09. The third-order valence-corrected chi connectivity index (χ3v) is 3.87. The molecular weight excluding hydrogens is 349 g/mol. The quantitative estimate of drug-likeness (QED) is 0.792. The van der Waals surface area contributed by atoms with Crippen molar-refractivity contribution < 1.29 is 4.74 Å². The van der Waals surface area contributed by atoms with Gasteiger partial charge in [0.25, 0.3) is 5.56 Å². The summed E-state index contributed by atoms with van der Waals surface area (Å²) in [6.07, 6.45) is 1.35. The Balaban J connectivity index is 1.85. The van der Waals surface area contributed by atoms with Crippen LogP contribution in [-0.2, 0) is 6.67 Å². The van der Waals surface area contributed by atoms with Crippen LogP contribution >= 0.6 is 34.8 Å². The highest BCUT2D eigenvalue weighted by molar-refractivity contribution is 6.41. The summed E-state index contributed by atoms with van der Waals surface area (Å²) < 4.78 is 6.83. The Bertz CT molecular complexity index is 689. The van der Waals surface area contributed by atoms with Gasteiger partial charge in [-0.05, 0) is 31.3 Å². The molecule has 1 aromatic carbocycles. The van der Waals surface area contributed by atoms with Crippen LogP contribution in [0.2, 0.25) is 15.1 Å². The van der Waals surface area contributed by atoms with E-state index in [1.54, 1.807) is 24.3 Å². The Morgan fingerprint density at radius 3 is 2.59 bits per heavy atom. The minimum Gasteiger partial charge on any atom is -0.492 e. The number of likely N-dealkylation sites (N-methyl/N-ethyl adjacent to an activating group) is 1. The van der Waals surface area contributed by atoms with E-state index in [1.165, 1.54) is 10.9 Å². The highest BCUT2D eigenvalue weighted by Crippen LogP contribution is 2.16. The van der Waals surface area contributed by atoms with E-state index in [1.807, 2.05) is 11.9 Å². The SMILES string of the molecule is CN(CCOc1ccc(Cl)cc1)Cn1ncc(Cl)c(Cl)c1=O. The summed E-state index contributed by atoms with van der Waals surface area (Å²) in [5.74, 6) is 0.739. The predicted octanol–water partition coefficient (Wildman–Crippen LogP) is 3.17. The molecule has 2 aromatic rings. The zero-order chi connectivity index (χ0) is 16.1. The molecule has 0 fully saturated rings. The molecule has 0 spiro atoms. The first kappa shape index (κ1) is 17.1. The van der Waals surface area contributed by atoms with Crippen LogP contribution in [0, 0.1) is 0 Å². The van der Waals surface area contributed by atoms with Gasteiger partial charge in [0.05, 0.1) is 17.9 Å². The molecule has 22 heavy (non-hydrogen) atoms. The monoisotopic (exact) mass is 361 g/mol. The molecule has 0 bridgehead atoms. The Morgan fingerprint density at radius 1 is 1.23 bits per heavy atom. The van der Waals surface area contributed by atoms with E-state index in [4.69, 9.17) is 39.5 Å². The molecule has 0 amide bonds. The van der Waals surface area contributed by atoms with Crippen molar-refractivity contribution in [1.29, 1.82) is 0 Å². The predicted molar refractivity (Wildman–Crippen MR) is 88.1 cm³/mol. The third-order valence-electron chi connectivity index (χ3n) is 2.87. The van der Waals surface area contributed by atoms with Crippen LogP contribution in [0.15, 0.2) is 35.3 Å². The van der Waals surface area contributed by atoms with Crippen molar-refractivity contribution in [2.24, 2.45) is 0 Å². The first-order valence-corrected chi connectivity index (χ1v) is 7.59. The number of hydrogen-bond donors (Lipinski definition) is 0. The maximum atomic E-state index is 11.9. The summed E-state index contributed by atoms with van der Waals surface area (Å²) >= 11 is 17.3. The van der Waals surface area contributed by atoms with Crippen LogP contribution in [0.25, 0.3) is 0 Å². The Kier molecular flexibility index (Phi) is 6.08. The number of hydrogen-bond acceptors (Lipinski definition) is 4. The summed E-state index contributed by atoms with van der Waals surface area (Å²) in [4.78, 5) is 13.7. The van der Waals surface area contributed by atoms with Crippen LogP contribution in [0.3, 0.4) is 0 Å². The minimum atomic E-state index is -0.417. The molecule has 8 heteroatoms. The van der Waals surface area contributed by atoms with Crippen LogP contribution < -0.4 is 10.3 Å². The fourth-order valence-corrected chi connectivity index (χ4v) is 2.09. The lowest BCUT2D eigenvalue weighted by molar-refractivity contribution is 0.195. The molecule has 0 atom stereocenters. The minimum absolute atomic E-state index is 0.0255. The van der Waals surface area contributed by atoms with Crippen molar-refractivity contribution in [3.63, 3.8) is 0 Å². The van der Waals surface area contributed by atoms with Crippen molar-refractivity contribution in [3.05, 3.63) is 55.9 Å². The molecule has 2 rings (SSSR count). The molecule has 0 aliphatic carbocycles. The zero-order valence-corrected chi connectivity index (χ0v) is 14.1. The van der Waals surface area contributed by atoms with Crippen molar-refractivity contribution in [2.75, 3.05) is 20.2 Å². The van der Waals surface area contributed by atoms with E-state index < -0.39 is 5.56 Å². The number of rotatable bonds is 6. The second-order valence-electron chi connectivity index (χ2n) is 4.63. The van der Waals surface area contributed by atoms with Crippen LogP contribution in [0.5, 0.6) is 5.75 Å². The van der Waals surface area contributed by atoms with Gasteiger partial charge >= 0.3 is 0 Å². The Morgan fingerprint density at radius 2 is 1.91 bits per heavy atom. The second-order valence-corrected chi connectivity index (χ2v) is 5.86. The Hall–Kier alpha value is -1.27. The topological polar surface area (TPSA) is 47.4 Å². The van der Waals surface area contributed by atoms with E-state index >= 15 is 0 Å². The van der Waals surface area contributed by atoms with E-state index in [-0.39, 0.29) is 10.0 Å². The lowest BCUT2D eigenvalue weighted by Gasteiger charge is -2.17. The van der Waals surface area contributed by atoms with Gasteiger partial charge in [-0.2, -0.15) is 5.10 Å². The lowest BCUT2D eigenvalue weighted by atomic mass is 10.3. The number of aromatic nitrogens is 2. The molecule has 0 N–H and O–H groups in total. The fraction of sp³-hybridized carbons (Fsp3) is 0.286. The lowest BCUT2D eigenvalue weighted by Crippen LogP contribution is -2.34. The van der Waals surface area contributed by atoms with Gasteiger partial charge in [-0.3, -0.25) is 9.69 Å². The van der Waals surface area contributed by atoms with Gasteiger partial charge in [0.1, 0.15) is 17.4 Å². The molecule has 118 valence electrons. The highest BCUT2D eigenvalue weighted by atomic mass is 35.5. The van der Waals surface area contributed by atoms with Crippen molar-refractivity contribution in [2.45, 2.75) is 6.67 Å². The first-order valence-electron chi connectivity index (χ1n) is 6.45. The van der Waals surface area contributed by atoms with Crippen molar-refractivity contribution in [1.82, 2.24) is 14.7 Å². The number of benzene rings is 1. The van der Waals surface area contributed by atoms with Crippen LogP contribution in [0.1, 0.15) is 0 Å². The van der Waals surface area contributed by atoms with E-state index in [9.17, 15) is 4.79 Å². The first-order chi connectivity index (χ1) is 10.5. The van der Waals surface area contributed by atoms with Crippen molar-refractivity contribution >= 4 is 34.8 Å². The number of nitrogens with zero attached hydrogens (tertiary/aromatic N) is 3. The molecule has 1 heterocycles. The average molecular weight is 363 g/mol. The molecule has 0 saturated heterocycles. The molecule has 5 nitrogen and oxygen atoms in total. The van der Waals surface area contributed by atoms with Gasteiger partial charge in [-0.25, -0.2) is 4.68 Å². The largest absolute Gasteiger partial charge is 0.492 e. The molecule has 0 saturated carbocycles. The summed E-state index contributed by atoms with van der Waals surface area (Å²) in [5.41, 5.74) is -0.417. The normalized spacial score (nSPS) is 11.0. The summed E-state index contributed by atoms with van der Waals surface area (Å²) in [7, 11) is 1.85. The van der Waals surface area contributed by atoms with Gasteiger partial charge in [0.15, 0.2) is 0 Å². The van der Waals surface area contributed by atoms with Crippen LogP contribution in [0.4, 0.5) is 0 Å². The van der Waals surface area contributed by atoms with E-state index in [0.29, 0.717) is 24.8 Å². The maximum absolute atomic E-state index is 11.9. The standard InChI is InChI=1S/C14H14Cl3N3O2/c1-19(6-7-22-11-4-2-10(15)3-5-11)9-20-14(21)13(17)12(16)8-18-20/h2-5,8H,6-7,9H2,1H3. The summed E-state index contributed by atoms with van der Waals surface area (Å²) in [6.45, 7) is 1.37. The summed E-state index contributed by atoms with van der Waals surface area (Å²) in [5, 5.41) is 4.73. The second kappa shape index (κ2) is 7.83. The van der Waals surface area contributed by atoms with Gasteiger partial charge < -0.3 is 4.74 Å². The maximum Gasteiger partial charge on any atom is 0.288 e. The average Bonchev–Trinajstić information content (AvgIpc) is 2.50. The number of halogens is 3. The molecule has 0 radical (unpaired) electrons. The smallest absolute Gasteiger partial charge is 0.288 e. The summed E-state index contributed by atoms with van der Waals surface area (Å²) in [6, 6.07) is 7.13. The van der Waals surface area contributed by atoms with Gasteiger partial charge in [0, 0.05) is 11.6 Å². The van der Waals surface area contributed by atoms with Gasteiger partial charge in [-0.1, -0.05) is 34.8 Å². The number of ether oxygens (including phenoxy) is 1. The molecular formula is C14H14Cl3N3O2. The van der Waals surface area contributed by atoms with Crippen LogP contribution in [-0.4, -0.2) is 34.9 Å². The van der Waals surface area contributed by atoms with E-state index in [0.717, 1.165) is 5.75 Å². The molecule has 0 aliphatic heterocycles. The molecule has 0 aliphatic rings. The van der Waals surface area contributed by atoms with Crippen molar-refractivity contribution in [3.8, 4) is 5.75 Å². The van der Waals surface area contributed by atoms with E-state index in [2.05, 4.69) is 5.10 Å². The third kappa shape index (κ3) is 4.61. The Labute approximate surface area is 143 Å². The van der Waals surface area contributed by atoms with Gasteiger partial charge in [-0.15, -0.1) is 0 Å². The zero-order valence-electron chi connectivity index (χ0n) is 11.8. The molecule has 0 unspecified atom stereocenters. The fourth-order valence-electron chi connectivity index (χ4n) is 1.70.